The summed E-state index contributed by atoms with van der Waals surface area (Å²) in [6, 6.07) is 3.99. The van der Waals surface area contributed by atoms with Crippen LogP contribution in [0.15, 0.2) is 33.5 Å². The van der Waals surface area contributed by atoms with Gasteiger partial charge in [0.05, 0.1) is 12.5 Å². The van der Waals surface area contributed by atoms with Crippen LogP contribution in [0.3, 0.4) is 0 Å². The average molecular weight is 302 g/mol. The van der Waals surface area contributed by atoms with Gasteiger partial charge in [-0.15, -0.1) is 0 Å². The lowest BCUT2D eigenvalue weighted by Crippen LogP contribution is -2.09. The third kappa shape index (κ3) is 3.70. The standard InChI is InChI=1S/C19H26O3/c1-5-15-7-9-21-18(15)13(3)11-17(20)12-14(4)19-16(6-2)8-10-22-19/h7-10,13-14H,5-6,11-12H2,1-4H3. The van der Waals surface area contributed by atoms with E-state index in [1.165, 1.54) is 11.1 Å². The van der Waals surface area contributed by atoms with E-state index in [9.17, 15) is 4.79 Å². The fourth-order valence-electron chi connectivity index (χ4n) is 3.10. The fourth-order valence-corrected chi connectivity index (χ4v) is 3.10. The van der Waals surface area contributed by atoms with Gasteiger partial charge >= 0.3 is 0 Å². The number of furan rings is 2. The molecular weight excluding hydrogens is 276 g/mol. The Balaban J connectivity index is 1.95. The minimum atomic E-state index is 0.131. The number of hydrogen-bond acceptors (Lipinski definition) is 3. The summed E-state index contributed by atoms with van der Waals surface area (Å²) in [5.74, 6) is 2.43. The minimum absolute atomic E-state index is 0.131. The Morgan fingerprint density at radius 1 is 0.909 bits per heavy atom. The fraction of sp³-hybridized carbons (Fsp3) is 0.526. The first-order valence-electron chi connectivity index (χ1n) is 8.20. The highest BCUT2D eigenvalue weighted by Crippen LogP contribution is 2.29. The van der Waals surface area contributed by atoms with Crippen LogP contribution in [0.1, 0.15) is 75.0 Å². The molecule has 3 nitrogen and oxygen atoms in total. The summed E-state index contributed by atoms with van der Waals surface area (Å²) in [7, 11) is 0. The van der Waals surface area contributed by atoms with Crippen molar-refractivity contribution in [3.05, 3.63) is 47.3 Å². The summed E-state index contributed by atoms with van der Waals surface area (Å²) >= 11 is 0. The lowest BCUT2D eigenvalue weighted by Gasteiger charge is -2.13. The summed E-state index contributed by atoms with van der Waals surface area (Å²) in [4.78, 5) is 12.4. The van der Waals surface area contributed by atoms with Crippen LogP contribution in [0, 0.1) is 0 Å². The quantitative estimate of drug-likeness (QED) is 0.668. The Kier molecular flexibility index (Phi) is 5.64. The molecule has 3 heteroatoms. The highest BCUT2D eigenvalue weighted by atomic mass is 16.3. The van der Waals surface area contributed by atoms with Gasteiger partial charge in [-0.25, -0.2) is 0 Å². The van der Waals surface area contributed by atoms with Crippen LogP contribution in [0.25, 0.3) is 0 Å². The van der Waals surface area contributed by atoms with Gasteiger partial charge in [-0.2, -0.15) is 0 Å². The number of rotatable bonds is 8. The molecule has 2 heterocycles. The van der Waals surface area contributed by atoms with Gasteiger partial charge in [-0.05, 0) is 36.1 Å². The van der Waals surface area contributed by atoms with E-state index in [0.717, 1.165) is 24.4 Å². The second-order valence-corrected chi connectivity index (χ2v) is 6.08. The molecule has 0 saturated carbocycles. The van der Waals surface area contributed by atoms with E-state index in [1.807, 2.05) is 12.1 Å². The number of carbonyl (C=O) groups is 1. The van der Waals surface area contributed by atoms with Crippen LogP contribution in [-0.4, -0.2) is 5.78 Å². The number of ketones is 1. The molecule has 0 amide bonds. The average Bonchev–Trinajstić information content (AvgIpc) is 3.15. The van der Waals surface area contributed by atoms with E-state index in [1.54, 1.807) is 12.5 Å². The smallest absolute Gasteiger partial charge is 0.134 e. The molecule has 0 aliphatic carbocycles. The number of aryl methyl sites for hydroxylation is 2. The van der Waals surface area contributed by atoms with Gasteiger partial charge < -0.3 is 8.83 Å². The molecule has 2 rings (SSSR count). The Labute approximate surface area is 132 Å². The van der Waals surface area contributed by atoms with Crippen LogP contribution in [0.2, 0.25) is 0 Å². The second-order valence-electron chi connectivity index (χ2n) is 6.08. The van der Waals surface area contributed by atoms with E-state index >= 15 is 0 Å². The van der Waals surface area contributed by atoms with Crippen molar-refractivity contribution in [3.63, 3.8) is 0 Å². The first-order chi connectivity index (χ1) is 10.6. The zero-order valence-electron chi connectivity index (χ0n) is 14.0. The summed E-state index contributed by atoms with van der Waals surface area (Å²) in [6.45, 7) is 8.33. The van der Waals surface area contributed by atoms with E-state index < -0.39 is 0 Å². The van der Waals surface area contributed by atoms with Gasteiger partial charge in [0, 0.05) is 24.7 Å². The molecule has 0 aliphatic rings. The SMILES string of the molecule is CCc1ccoc1C(C)CC(=O)CC(C)c1occc1CC. The summed E-state index contributed by atoms with van der Waals surface area (Å²) < 4.78 is 11.1. The Hall–Kier alpha value is -1.77. The zero-order chi connectivity index (χ0) is 16.1. The van der Waals surface area contributed by atoms with Crippen LogP contribution < -0.4 is 0 Å². The number of carbonyl (C=O) groups excluding carboxylic acids is 1. The molecule has 0 N–H and O–H groups in total. The molecule has 0 spiro atoms. The van der Waals surface area contributed by atoms with Crippen molar-refractivity contribution in [1.82, 2.24) is 0 Å². The minimum Gasteiger partial charge on any atom is -0.469 e. The normalized spacial score (nSPS) is 14.0. The second kappa shape index (κ2) is 7.48. The molecule has 0 radical (unpaired) electrons. The molecule has 0 saturated heterocycles. The van der Waals surface area contributed by atoms with Gasteiger partial charge in [0.15, 0.2) is 0 Å². The maximum atomic E-state index is 12.4. The third-order valence-corrected chi connectivity index (χ3v) is 4.29. The Morgan fingerprint density at radius 2 is 1.32 bits per heavy atom. The lowest BCUT2D eigenvalue weighted by atomic mass is 9.92. The molecular formula is C19H26O3. The van der Waals surface area contributed by atoms with E-state index in [4.69, 9.17) is 8.83 Å². The molecule has 0 aromatic carbocycles. The van der Waals surface area contributed by atoms with Crippen molar-refractivity contribution in [2.45, 2.75) is 65.2 Å². The van der Waals surface area contributed by atoms with Gasteiger partial charge in [0.2, 0.25) is 0 Å². The molecule has 2 aromatic heterocycles. The summed E-state index contributed by atoms with van der Waals surface area (Å²) in [5, 5.41) is 0. The van der Waals surface area contributed by atoms with Gasteiger partial charge in [-0.3, -0.25) is 4.79 Å². The number of Topliss-reactive ketones (excluding diaryl/α,β-unsaturated/α-hetero) is 1. The Morgan fingerprint density at radius 3 is 1.68 bits per heavy atom. The maximum absolute atomic E-state index is 12.4. The first kappa shape index (κ1) is 16.6. The van der Waals surface area contributed by atoms with Crippen molar-refractivity contribution in [2.75, 3.05) is 0 Å². The van der Waals surface area contributed by atoms with Crippen LogP contribution in [-0.2, 0) is 17.6 Å². The summed E-state index contributed by atoms with van der Waals surface area (Å²) in [5.41, 5.74) is 2.40. The van der Waals surface area contributed by atoms with Crippen LogP contribution >= 0.6 is 0 Å². The van der Waals surface area contributed by atoms with Crippen molar-refractivity contribution < 1.29 is 13.6 Å². The number of hydrogen-bond donors (Lipinski definition) is 0. The van der Waals surface area contributed by atoms with Gasteiger partial charge in [0.1, 0.15) is 17.3 Å². The van der Waals surface area contributed by atoms with Crippen LogP contribution in [0.4, 0.5) is 0 Å². The topological polar surface area (TPSA) is 43.4 Å². The summed E-state index contributed by atoms with van der Waals surface area (Å²) in [6.07, 6.45) is 6.35. The first-order valence-corrected chi connectivity index (χ1v) is 8.20. The predicted molar refractivity (Wildman–Crippen MR) is 87.2 cm³/mol. The van der Waals surface area contributed by atoms with Crippen LogP contribution in [0.5, 0.6) is 0 Å². The molecule has 2 atom stereocenters. The molecule has 120 valence electrons. The van der Waals surface area contributed by atoms with Crippen molar-refractivity contribution in [1.29, 1.82) is 0 Å². The molecule has 2 aromatic rings. The molecule has 22 heavy (non-hydrogen) atoms. The van der Waals surface area contributed by atoms with Gasteiger partial charge in [-0.1, -0.05) is 27.7 Å². The highest BCUT2D eigenvalue weighted by Gasteiger charge is 2.21. The van der Waals surface area contributed by atoms with E-state index in [0.29, 0.717) is 12.8 Å². The molecule has 2 unspecified atom stereocenters. The molecule has 0 bridgehead atoms. The van der Waals surface area contributed by atoms with Gasteiger partial charge in [0.25, 0.3) is 0 Å². The monoisotopic (exact) mass is 302 g/mol. The molecule has 0 fully saturated rings. The van der Waals surface area contributed by atoms with Crippen molar-refractivity contribution in [2.24, 2.45) is 0 Å². The highest BCUT2D eigenvalue weighted by molar-refractivity contribution is 5.80. The van der Waals surface area contributed by atoms with Crippen molar-refractivity contribution >= 4 is 5.78 Å². The van der Waals surface area contributed by atoms with E-state index in [-0.39, 0.29) is 17.6 Å². The lowest BCUT2D eigenvalue weighted by molar-refractivity contribution is -0.119. The third-order valence-electron chi connectivity index (χ3n) is 4.29. The predicted octanol–water partition coefficient (Wildman–Crippen LogP) is 5.25. The van der Waals surface area contributed by atoms with Crippen molar-refractivity contribution in [3.8, 4) is 0 Å². The molecule has 0 aliphatic heterocycles. The zero-order valence-corrected chi connectivity index (χ0v) is 14.0. The maximum Gasteiger partial charge on any atom is 0.134 e. The Bertz CT molecular complexity index is 553. The largest absolute Gasteiger partial charge is 0.469 e. The van der Waals surface area contributed by atoms with E-state index in [2.05, 4.69) is 27.7 Å².